The average molecular weight is 307 g/mol. The summed E-state index contributed by atoms with van der Waals surface area (Å²) in [7, 11) is 4.86. The van der Waals surface area contributed by atoms with E-state index >= 15 is 0 Å². The Balaban J connectivity index is 2.23. The van der Waals surface area contributed by atoms with Crippen LogP contribution >= 0.6 is 0 Å². The number of nitrogens with zero attached hydrogens (tertiary/aromatic N) is 1. The van der Waals surface area contributed by atoms with E-state index in [4.69, 9.17) is 18.9 Å². The first-order chi connectivity index (χ1) is 10.7. The van der Waals surface area contributed by atoms with Crippen LogP contribution in [0.3, 0.4) is 0 Å². The van der Waals surface area contributed by atoms with Crippen LogP contribution in [-0.4, -0.2) is 52.0 Å². The third-order valence-electron chi connectivity index (χ3n) is 3.89. The van der Waals surface area contributed by atoms with E-state index in [1.165, 1.54) is 0 Å². The zero-order valence-electron chi connectivity index (χ0n) is 13.8. The summed E-state index contributed by atoms with van der Waals surface area (Å²) in [6, 6.07) is 4.32. The molecule has 0 saturated carbocycles. The maximum atomic E-state index is 5.53. The minimum atomic E-state index is 0.437. The highest BCUT2D eigenvalue weighted by molar-refractivity contribution is 5.62. The largest absolute Gasteiger partial charge is 0.493 e. The Morgan fingerprint density at radius 3 is 2.41 bits per heavy atom. The van der Waals surface area contributed by atoms with Crippen molar-refractivity contribution in [2.24, 2.45) is 0 Å². The van der Waals surface area contributed by atoms with Crippen LogP contribution < -0.4 is 14.2 Å². The summed E-state index contributed by atoms with van der Waals surface area (Å²) in [6.07, 6.45) is 5.26. The lowest BCUT2D eigenvalue weighted by atomic mass is 10.1. The maximum Gasteiger partial charge on any atom is 0.203 e. The van der Waals surface area contributed by atoms with Gasteiger partial charge in [0.25, 0.3) is 0 Å². The van der Waals surface area contributed by atoms with Gasteiger partial charge >= 0.3 is 0 Å². The average Bonchev–Trinajstić information content (AvgIpc) is 2.58. The Bertz CT molecular complexity index is 490. The standard InChI is InChI=1S/C17H25NO4/c1-5-14-12-22-9-8-18(14)7-6-13-10-15(19-2)17(21-4)16(11-13)20-3/h6-7,10-11,14H,5,8-9,12H2,1-4H3. The van der Waals surface area contributed by atoms with E-state index in [2.05, 4.69) is 24.1 Å². The van der Waals surface area contributed by atoms with Gasteiger partial charge in [-0.1, -0.05) is 6.92 Å². The summed E-state index contributed by atoms with van der Waals surface area (Å²) in [6.45, 7) is 4.66. The first kappa shape index (κ1) is 16.5. The fourth-order valence-corrected chi connectivity index (χ4v) is 2.60. The van der Waals surface area contributed by atoms with E-state index in [0.29, 0.717) is 23.3 Å². The molecule has 0 aromatic heterocycles. The molecule has 1 aliphatic rings. The molecule has 0 aliphatic carbocycles. The maximum absolute atomic E-state index is 5.53. The Labute approximate surface area is 132 Å². The highest BCUT2D eigenvalue weighted by Crippen LogP contribution is 2.38. The topological polar surface area (TPSA) is 40.2 Å². The fraction of sp³-hybridized carbons (Fsp3) is 0.529. The van der Waals surface area contributed by atoms with Crippen LogP contribution in [-0.2, 0) is 4.74 Å². The van der Waals surface area contributed by atoms with Crippen molar-refractivity contribution in [2.75, 3.05) is 41.1 Å². The molecule has 1 saturated heterocycles. The van der Waals surface area contributed by atoms with Crippen molar-refractivity contribution in [1.82, 2.24) is 4.90 Å². The van der Waals surface area contributed by atoms with E-state index in [1.807, 2.05) is 12.1 Å². The van der Waals surface area contributed by atoms with E-state index in [0.717, 1.165) is 31.7 Å². The molecule has 5 heteroatoms. The van der Waals surface area contributed by atoms with Crippen LogP contribution in [0, 0.1) is 0 Å². The van der Waals surface area contributed by atoms with Crippen molar-refractivity contribution in [3.63, 3.8) is 0 Å². The van der Waals surface area contributed by atoms with Crippen LogP contribution in [0.5, 0.6) is 17.2 Å². The highest BCUT2D eigenvalue weighted by Gasteiger charge is 2.18. The molecule has 0 N–H and O–H groups in total. The summed E-state index contributed by atoms with van der Waals surface area (Å²) in [5.74, 6) is 1.94. The van der Waals surface area contributed by atoms with Gasteiger partial charge in [-0.2, -0.15) is 0 Å². The predicted octanol–water partition coefficient (Wildman–Crippen LogP) is 2.79. The zero-order chi connectivity index (χ0) is 15.9. The van der Waals surface area contributed by atoms with Gasteiger partial charge in [0, 0.05) is 12.7 Å². The SMILES string of the molecule is CCC1COCCN1C=Cc1cc(OC)c(OC)c(OC)c1. The lowest BCUT2D eigenvalue weighted by Gasteiger charge is -2.34. The second-order valence-corrected chi connectivity index (χ2v) is 5.15. The van der Waals surface area contributed by atoms with Crippen molar-refractivity contribution in [3.8, 4) is 17.2 Å². The lowest BCUT2D eigenvalue weighted by molar-refractivity contribution is 0.0155. The van der Waals surface area contributed by atoms with E-state index in [9.17, 15) is 0 Å². The molecule has 1 unspecified atom stereocenters. The number of rotatable bonds is 6. The zero-order valence-corrected chi connectivity index (χ0v) is 13.8. The molecule has 2 rings (SSSR count). The molecule has 1 aliphatic heterocycles. The fourth-order valence-electron chi connectivity index (χ4n) is 2.60. The summed E-state index contributed by atoms with van der Waals surface area (Å²) in [4.78, 5) is 2.33. The molecule has 122 valence electrons. The Hall–Kier alpha value is -1.88. The third-order valence-corrected chi connectivity index (χ3v) is 3.89. The first-order valence-corrected chi connectivity index (χ1v) is 7.55. The summed E-state index contributed by atoms with van der Waals surface area (Å²) >= 11 is 0. The number of hydrogen-bond acceptors (Lipinski definition) is 5. The van der Waals surface area contributed by atoms with Crippen molar-refractivity contribution in [1.29, 1.82) is 0 Å². The molecule has 5 nitrogen and oxygen atoms in total. The minimum Gasteiger partial charge on any atom is -0.493 e. The summed E-state index contributed by atoms with van der Waals surface area (Å²) < 4.78 is 21.6. The van der Waals surface area contributed by atoms with Gasteiger partial charge in [0.15, 0.2) is 11.5 Å². The normalized spacial score (nSPS) is 18.5. The lowest BCUT2D eigenvalue weighted by Crippen LogP contribution is -2.41. The molecule has 1 heterocycles. The van der Waals surface area contributed by atoms with E-state index < -0.39 is 0 Å². The molecule has 22 heavy (non-hydrogen) atoms. The number of morpholine rings is 1. The van der Waals surface area contributed by atoms with Crippen LogP contribution in [0.4, 0.5) is 0 Å². The Morgan fingerprint density at radius 2 is 1.86 bits per heavy atom. The van der Waals surface area contributed by atoms with Gasteiger partial charge in [-0.05, 0) is 30.2 Å². The van der Waals surface area contributed by atoms with Gasteiger partial charge in [0.05, 0.1) is 40.6 Å². The first-order valence-electron chi connectivity index (χ1n) is 7.55. The molecule has 1 atom stereocenters. The van der Waals surface area contributed by atoms with Crippen LogP contribution in [0.2, 0.25) is 0 Å². The molecule has 0 spiro atoms. The van der Waals surface area contributed by atoms with Gasteiger partial charge in [-0.25, -0.2) is 0 Å². The van der Waals surface area contributed by atoms with Crippen LogP contribution in [0.25, 0.3) is 6.08 Å². The molecule has 1 fully saturated rings. The predicted molar refractivity (Wildman–Crippen MR) is 86.7 cm³/mol. The van der Waals surface area contributed by atoms with Crippen molar-refractivity contribution in [3.05, 3.63) is 23.9 Å². The quantitative estimate of drug-likeness (QED) is 0.808. The van der Waals surface area contributed by atoms with Crippen LogP contribution in [0.15, 0.2) is 18.3 Å². The van der Waals surface area contributed by atoms with Crippen molar-refractivity contribution >= 4 is 6.08 Å². The summed E-state index contributed by atoms with van der Waals surface area (Å²) in [5.41, 5.74) is 1.01. The Kier molecular flexibility index (Phi) is 5.95. The number of hydrogen-bond donors (Lipinski definition) is 0. The van der Waals surface area contributed by atoms with Gasteiger partial charge in [-0.15, -0.1) is 0 Å². The second-order valence-electron chi connectivity index (χ2n) is 5.15. The molecule has 0 bridgehead atoms. The molecule has 0 radical (unpaired) electrons. The van der Waals surface area contributed by atoms with Gasteiger partial charge in [0.2, 0.25) is 5.75 Å². The second kappa shape index (κ2) is 7.94. The van der Waals surface area contributed by atoms with Gasteiger partial charge < -0.3 is 23.8 Å². The van der Waals surface area contributed by atoms with Crippen molar-refractivity contribution < 1.29 is 18.9 Å². The summed E-state index contributed by atoms with van der Waals surface area (Å²) in [5, 5.41) is 0. The van der Waals surface area contributed by atoms with E-state index in [1.54, 1.807) is 21.3 Å². The molecular formula is C17H25NO4. The van der Waals surface area contributed by atoms with Gasteiger partial charge in [-0.3, -0.25) is 0 Å². The number of benzene rings is 1. The minimum absolute atomic E-state index is 0.437. The third kappa shape index (κ3) is 3.65. The molecule has 1 aromatic carbocycles. The van der Waals surface area contributed by atoms with E-state index in [-0.39, 0.29) is 0 Å². The molecular weight excluding hydrogens is 282 g/mol. The smallest absolute Gasteiger partial charge is 0.203 e. The van der Waals surface area contributed by atoms with Gasteiger partial charge in [0.1, 0.15) is 0 Å². The molecule has 0 amide bonds. The molecule has 1 aromatic rings. The Morgan fingerprint density at radius 1 is 1.18 bits per heavy atom. The van der Waals surface area contributed by atoms with Crippen molar-refractivity contribution in [2.45, 2.75) is 19.4 Å². The monoisotopic (exact) mass is 307 g/mol. The number of ether oxygens (including phenoxy) is 4. The van der Waals surface area contributed by atoms with Crippen LogP contribution in [0.1, 0.15) is 18.9 Å². The highest BCUT2D eigenvalue weighted by atomic mass is 16.5. The number of methoxy groups -OCH3 is 3.